The summed E-state index contributed by atoms with van der Waals surface area (Å²) in [6.07, 6.45) is 5.54. The van der Waals surface area contributed by atoms with Gasteiger partial charge in [-0.3, -0.25) is 24.1 Å². The number of terminal acetylenes is 1. The van der Waals surface area contributed by atoms with Crippen LogP contribution in [0.3, 0.4) is 0 Å². The van der Waals surface area contributed by atoms with E-state index in [1.165, 1.54) is 24.1 Å². The maximum atomic E-state index is 12.9. The molecule has 0 saturated carbocycles. The Morgan fingerprint density at radius 3 is 2.88 bits per heavy atom. The van der Waals surface area contributed by atoms with Gasteiger partial charge in [-0.05, 0) is 0 Å². The Hall–Kier alpha value is -3.90. The maximum absolute atomic E-state index is 12.9. The second kappa shape index (κ2) is 10.8. The molecule has 0 aromatic carbocycles. The molecule has 0 radical (unpaired) electrons. The van der Waals surface area contributed by atoms with Crippen molar-refractivity contribution < 1.29 is 38.7 Å². The van der Waals surface area contributed by atoms with E-state index in [2.05, 4.69) is 26.7 Å². The first kappa shape index (κ1) is 24.7. The van der Waals surface area contributed by atoms with Gasteiger partial charge in [0.15, 0.2) is 17.5 Å². The molecule has 34 heavy (non-hydrogen) atoms. The number of thioether (sulfide) groups is 1. The summed E-state index contributed by atoms with van der Waals surface area (Å²) in [5.41, 5.74) is -0.235. The lowest BCUT2D eigenvalue weighted by Gasteiger charge is -2.49. The summed E-state index contributed by atoms with van der Waals surface area (Å²) in [5, 5.41) is 19.1. The summed E-state index contributed by atoms with van der Waals surface area (Å²) in [6, 6.07) is -1.05. The number of aliphatic carboxylic acids is 1. The molecule has 1 aromatic rings. The third kappa shape index (κ3) is 5.18. The van der Waals surface area contributed by atoms with Gasteiger partial charge in [-0.1, -0.05) is 11.1 Å². The molecule has 1 saturated heterocycles. The normalized spacial score (nSPS) is 19.4. The average Bonchev–Trinajstić information content (AvgIpc) is 3.26. The number of carboxylic acids is 1. The minimum Gasteiger partial charge on any atom is -0.477 e. The van der Waals surface area contributed by atoms with Crippen molar-refractivity contribution in [2.24, 2.45) is 5.16 Å². The van der Waals surface area contributed by atoms with Gasteiger partial charge in [0.25, 0.3) is 11.8 Å². The van der Waals surface area contributed by atoms with Gasteiger partial charge in [0.1, 0.15) is 29.4 Å². The quantitative estimate of drug-likeness (QED) is 0.0702. The molecular formula is C19H17N5O8S2. The minimum absolute atomic E-state index is 0.0681. The Balaban J connectivity index is 1.78. The topological polar surface area (TPSA) is 177 Å². The zero-order chi connectivity index (χ0) is 24.8. The second-order valence-electron chi connectivity index (χ2n) is 6.62. The Morgan fingerprint density at radius 2 is 2.24 bits per heavy atom. The van der Waals surface area contributed by atoms with E-state index in [0.29, 0.717) is 6.41 Å². The van der Waals surface area contributed by atoms with Crippen molar-refractivity contribution >= 4 is 64.1 Å². The van der Waals surface area contributed by atoms with Crippen molar-refractivity contribution in [3.05, 3.63) is 22.3 Å². The molecule has 3 rings (SSSR count). The van der Waals surface area contributed by atoms with E-state index in [0.717, 1.165) is 16.2 Å². The predicted molar refractivity (Wildman–Crippen MR) is 119 cm³/mol. The molecule has 13 nitrogen and oxygen atoms in total. The summed E-state index contributed by atoms with van der Waals surface area (Å²) < 4.78 is 4.88. The fraction of sp³-hybridized carbons (Fsp3) is 0.316. The van der Waals surface area contributed by atoms with E-state index in [1.54, 1.807) is 0 Å². The number of oxime groups is 1. The molecular weight excluding hydrogens is 490 g/mol. The van der Waals surface area contributed by atoms with Crippen LogP contribution in [0.5, 0.6) is 0 Å². The number of carbonyl (C=O) groups is 5. The number of hydrogen-bond donors (Lipinski definition) is 3. The SMILES string of the molecule is C#CCON=C(C(=O)N[C@@H]1C(=O)N2C(C(=O)O)=C(COC(C)=O)CS[C@H]12)c1csc(NC=O)n1. The number of esters is 1. The molecule has 0 unspecified atom stereocenters. The monoisotopic (exact) mass is 507 g/mol. The van der Waals surface area contributed by atoms with Crippen LogP contribution >= 0.6 is 23.1 Å². The van der Waals surface area contributed by atoms with Crippen LogP contribution in [0.4, 0.5) is 5.13 Å². The van der Waals surface area contributed by atoms with Gasteiger partial charge in [0.2, 0.25) is 6.41 Å². The number of carboxylic acid groups (broad SMARTS) is 1. The van der Waals surface area contributed by atoms with Crippen LogP contribution < -0.4 is 10.6 Å². The lowest BCUT2D eigenvalue weighted by molar-refractivity contribution is -0.150. The van der Waals surface area contributed by atoms with Crippen molar-refractivity contribution in [1.82, 2.24) is 15.2 Å². The molecule has 2 aliphatic heterocycles. The number of amides is 3. The van der Waals surface area contributed by atoms with Crippen molar-refractivity contribution in [2.45, 2.75) is 18.3 Å². The molecule has 178 valence electrons. The highest BCUT2D eigenvalue weighted by Crippen LogP contribution is 2.40. The third-order valence-corrected chi connectivity index (χ3v) is 6.55. The number of aromatic nitrogens is 1. The number of carbonyl (C=O) groups excluding carboxylic acids is 4. The summed E-state index contributed by atoms with van der Waals surface area (Å²) in [7, 11) is 0. The Kier molecular flexibility index (Phi) is 7.87. The lowest BCUT2D eigenvalue weighted by atomic mass is 10.0. The van der Waals surface area contributed by atoms with E-state index < -0.39 is 35.2 Å². The minimum atomic E-state index is -1.35. The molecule has 1 fully saturated rings. The molecule has 0 spiro atoms. The number of ether oxygens (including phenoxy) is 1. The molecule has 1 aromatic heterocycles. The summed E-state index contributed by atoms with van der Waals surface area (Å²) in [4.78, 5) is 69.2. The number of nitrogens with one attached hydrogen (secondary N) is 2. The van der Waals surface area contributed by atoms with Gasteiger partial charge in [0, 0.05) is 23.6 Å². The summed E-state index contributed by atoms with van der Waals surface area (Å²) in [6.45, 7) is 0.696. The van der Waals surface area contributed by atoms with Crippen LogP contribution in [0.2, 0.25) is 0 Å². The largest absolute Gasteiger partial charge is 0.477 e. The van der Waals surface area contributed by atoms with E-state index in [1.807, 2.05) is 0 Å². The Bertz CT molecular complexity index is 1140. The zero-order valence-electron chi connectivity index (χ0n) is 17.5. The number of nitrogens with zero attached hydrogens (tertiary/aromatic N) is 3. The Labute approximate surface area is 200 Å². The van der Waals surface area contributed by atoms with Crippen molar-refractivity contribution in [1.29, 1.82) is 0 Å². The Morgan fingerprint density at radius 1 is 1.47 bits per heavy atom. The van der Waals surface area contributed by atoms with Gasteiger partial charge in [0.05, 0.1) is 0 Å². The van der Waals surface area contributed by atoms with Crippen LogP contribution in [0.25, 0.3) is 0 Å². The fourth-order valence-electron chi connectivity index (χ4n) is 3.03. The van der Waals surface area contributed by atoms with E-state index in [9.17, 15) is 29.1 Å². The highest BCUT2D eigenvalue weighted by atomic mass is 32.2. The fourth-order valence-corrected chi connectivity index (χ4v) is 5.01. The molecule has 3 heterocycles. The highest BCUT2D eigenvalue weighted by molar-refractivity contribution is 8.00. The number of β-lactam (4-membered cyclic amide) rings is 1. The van der Waals surface area contributed by atoms with Gasteiger partial charge in [-0.15, -0.1) is 29.5 Å². The summed E-state index contributed by atoms with van der Waals surface area (Å²) >= 11 is 2.24. The first-order valence-electron chi connectivity index (χ1n) is 9.42. The van der Waals surface area contributed by atoms with E-state index in [-0.39, 0.29) is 46.8 Å². The third-order valence-electron chi connectivity index (χ3n) is 4.43. The van der Waals surface area contributed by atoms with Gasteiger partial charge in [-0.25, -0.2) is 9.78 Å². The number of anilines is 1. The van der Waals surface area contributed by atoms with Crippen molar-refractivity contribution in [3.8, 4) is 12.3 Å². The first-order valence-corrected chi connectivity index (χ1v) is 11.3. The smallest absolute Gasteiger partial charge is 0.352 e. The lowest BCUT2D eigenvalue weighted by Crippen LogP contribution is -2.71. The second-order valence-corrected chi connectivity index (χ2v) is 8.58. The first-order chi connectivity index (χ1) is 16.3. The standard InChI is InChI=1S/C19H17N5O8S2/c1-3-4-32-23-12(11-7-34-19(21-11)20-8-25)15(27)22-13-16(28)24-14(18(29)30)10(5-31-9(2)26)6-33-17(13)24/h1,7-8,13,17H,4-6H2,2H3,(H,22,27)(H,29,30)(H,20,21,25)/t13-,17-/m1/s1. The van der Waals surface area contributed by atoms with Gasteiger partial charge in [-0.2, -0.15) is 0 Å². The summed E-state index contributed by atoms with van der Waals surface area (Å²) in [5.74, 6) is -1.05. The van der Waals surface area contributed by atoms with Gasteiger partial charge >= 0.3 is 11.9 Å². The zero-order valence-corrected chi connectivity index (χ0v) is 19.1. The van der Waals surface area contributed by atoms with Crippen LogP contribution in [0, 0.1) is 12.3 Å². The van der Waals surface area contributed by atoms with Gasteiger partial charge < -0.3 is 25.3 Å². The van der Waals surface area contributed by atoms with Crippen molar-refractivity contribution in [3.63, 3.8) is 0 Å². The number of rotatable bonds is 10. The van der Waals surface area contributed by atoms with E-state index >= 15 is 0 Å². The molecule has 3 amide bonds. The molecule has 2 atom stereocenters. The maximum Gasteiger partial charge on any atom is 0.352 e. The molecule has 15 heteroatoms. The molecule has 3 N–H and O–H groups in total. The van der Waals surface area contributed by atoms with Crippen LogP contribution in [-0.2, 0) is 33.5 Å². The number of thiazole rings is 1. The molecule has 0 bridgehead atoms. The van der Waals surface area contributed by atoms with E-state index in [4.69, 9.17) is 16.0 Å². The van der Waals surface area contributed by atoms with Crippen LogP contribution in [0.1, 0.15) is 12.6 Å². The highest BCUT2D eigenvalue weighted by Gasteiger charge is 2.54. The molecule has 0 aliphatic carbocycles. The average molecular weight is 508 g/mol. The van der Waals surface area contributed by atoms with Crippen LogP contribution in [0.15, 0.2) is 21.8 Å². The van der Waals surface area contributed by atoms with Crippen molar-refractivity contribution in [2.75, 3.05) is 24.3 Å². The number of hydrogen-bond acceptors (Lipinski definition) is 11. The number of fused-ring (bicyclic) bond motifs is 1. The predicted octanol–water partition coefficient (Wildman–Crippen LogP) is -0.633. The van der Waals surface area contributed by atoms with Crippen LogP contribution in [-0.4, -0.2) is 81.2 Å². The molecule has 2 aliphatic rings.